The molecule has 0 bridgehead atoms. The van der Waals surface area contributed by atoms with Crippen LogP contribution >= 0.6 is 0 Å². The second-order valence-electron chi connectivity index (χ2n) is 16.8. The molecule has 0 aliphatic carbocycles. The summed E-state index contributed by atoms with van der Waals surface area (Å²) in [5, 5.41) is 23.2. The van der Waals surface area contributed by atoms with Crippen LogP contribution in [0.4, 0.5) is 0 Å². The van der Waals surface area contributed by atoms with Crippen LogP contribution in [-0.2, 0) is 14.3 Å². The predicted octanol–water partition coefficient (Wildman–Crippen LogP) is 14.0. The number of unbranched alkanes of at least 4 members (excludes halogenated alkanes) is 34. The predicted molar refractivity (Wildman–Crippen MR) is 232 cm³/mol. The van der Waals surface area contributed by atoms with Gasteiger partial charge in [0.1, 0.15) is 0 Å². The fourth-order valence-corrected chi connectivity index (χ4v) is 7.64. The number of hydrogen-bond acceptors (Lipinski definition) is 5. The monoisotopic (exact) mass is 766 g/mol. The highest BCUT2D eigenvalue weighted by Gasteiger charge is 2.20. The molecule has 54 heavy (non-hydrogen) atoms. The van der Waals surface area contributed by atoms with Gasteiger partial charge >= 0.3 is 5.97 Å². The molecule has 0 aromatic carbocycles. The minimum atomic E-state index is -0.679. The van der Waals surface area contributed by atoms with Crippen LogP contribution in [-0.4, -0.2) is 47.4 Å². The lowest BCUT2D eigenvalue weighted by Crippen LogP contribution is -2.45. The molecule has 6 nitrogen and oxygen atoms in total. The third-order valence-electron chi connectivity index (χ3n) is 11.4. The molecule has 0 rings (SSSR count). The van der Waals surface area contributed by atoms with Crippen LogP contribution in [0.15, 0.2) is 0 Å². The number of rotatable bonds is 45. The Bertz CT molecular complexity index is 761. The average molecular weight is 766 g/mol. The second-order valence-corrected chi connectivity index (χ2v) is 16.8. The largest absolute Gasteiger partial charge is 0.466 e. The smallest absolute Gasteiger partial charge is 0.305 e. The highest BCUT2D eigenvalue weighted by atomic mass is 16.5. The number of hydrogen-bond donors (Lipinski definition) is 3. The summed E-state index contributed by atoms with van der Waals surface area (Å²) in [6, 6.07) is -0.559. The van der Waals surface area contributed by atoms with E-state index in [9.17, 15) is 19.8 Å². The van der Waals surface area contributed by atoms with Crippen molar-refractivity contribution in [2.24, 2.45) is 0 Å². The number of aliphatic hydroxyl groups excluding tert-OH is 2. The molecule has 322 valence electrons. The number of amides is 1. The van der Waals surface area contributed by atoms with Crippen LogP contribution in [0.1, 0.15) is 271 Å². The summed E-state index contributed by atoms with van der Waals surface area (Å²) in [4.78, 5) is 24.4. The first kappa shape index (κ1) is 52.9. The van der Waals surface area contributed by atoms with Crippen LogP contribution in [0, 0.1) is 0 Å². The third kappa shape index (κ3) is 40.5. The van der Waals surface area contributed by atoms with E-state index < -0.39 is 12.1 Å². The van der Waals surface area contributed by atoms with Gasteiger partial charge in [-0.25, -0.2) is 0 Å². The van der Waals surface area contributed by atoms with Crippen molar-refractivity contribution < 1.29 is 24.5 Å². The molecule has 0 heterocycles. The summed E-state index contributed by atoms with van der Waals surface area (Å²) >= 11 is 0. The number of esters is 1. The maximum atomic E-state index is 12.4. The average Bonchev–Trinajstić information content (AvgIpc) is 3.17. The Morgan fingerprint density at radius 2 is 0.759 bits per heavy atom. The van der Waals surface area contributed by atoms with Gasteiger partial charge < -0.3 is 20.3 Å². The maximum Gasteiger partial charge on any atom is 0.305 e. The number of aliphatic hydroxyl groups is 2. The third-order valence-corrected chi connectivity index (χ3v) is 11.4. The van der Waals surface area contributed by atoms with E-state index in [0.717, 1.165) is 57.8 Å². The summed E-state index contributed by atoms with van der Waals surface area (Å²) in [5.74, 6) is -0.0835. The van der Waals surface area contributed by atoms with E-state index in [0.29, 0.717) is 25.9 Å². The van der Waals surface area contributed by atoms with E-state index in [-0.39, 0.29) is 18.5 Å². The fourth-order valence-electron chi connectivity index (χ4n) is 7.64. The second kappa shape index (κ2) is 44.6. The molecule has 0 radical (unpaired) electrons. The van der Waals surface area contributed by atoms with Gasteiger partial charge in [-0.05, 0) is 25.7 Å². The maximum absolute atomic E-state index is 12.4. The Labute approximate surface area is 336 Å². The normalized spacial score (nSPS) is 12.6. The van der Waals surface area contributed by atoms with E-state index in [2.05, 4.69) is 19.2 Å². The van der Waals surface area contributed by atoms with E-state index in [4.69, 9.17) is 4.74 Å². The molecular weight excluding hydrogens is 671 g/mol. The van der Waals surface area contributed by atoms with Crippen molar-refractivity contribution in [3.63, 3.8) is 0 Å². The number of carbonyl (C=O) groups is 2. The molecule has 0 aromatic rings. The van der Waals surface area contributed by atoms with Gasteiger partial charge in [0.25, 0.3) is 0 Å². The lowest BCUT2D eigenvalue weighted by molar-refractivity contribution is -0.143. The van der Waals surface area contributed by atoms with Crippen LogP contribution in [0.5, 0.6) is 0 Å². The fraction of sp³-hybridized carbons (Fsp3) is 0.958. The SMILES string of the molecule is CCCCCCCCCCCCCCCCCC(O)C(CO)NC(=O)CCCCCCCCCCCOC(=O)CCCCCCCCCCCCCCC. The molecular formula is C48H95NO5. The quantitative estimate of drug-likeness (QED) is 0.0424. The topological polar surface area (TPSA) is 95.9 Å². The minimum absolute atomic E-state index is 0.0229. The van der Waals surface area contributed by atoms with Gasteiger partial charge in [0.05, 0.1) is 25.4 Å². The van der Waals surface area contributed by atoms with Crippen LogP contribution in [0.25, 0.3) is 0 Å². The van der Waals surface area contributed by atoms with E-state index >= 15 is 0 Å². The zero-order valence-electron chi connectivity index (χ0n) is 36.5. The molecule has 0 aromatic heterocycles. The van der Waals surface area contributed by atoms with E-state index in [1.165, 1.54) is 180 Å². The lowest BCUT2D eigenvalue weighted by atomic mass is 10.0. The van der Waals surface area contributed by atoms with Gasteiger partial charge in [-0.3, -0.25) is 9.59 Å². The zero-order valence-corrected chi connectivity index (χ0v) is 36.5. The molecule has 0 fully saturated rings. The number of ether oxygens (including phenoxy) is 1. The highest BCUT2D eigenvalue weighted by Crippen LogP contribution is 2.16. The first-order chi connectivity index (χ1) is 26.5. The molecule has 6 heteroatoms. The van der Waals surface area contributed by atoms with Crippen molar-refractivity contribution in [2.45, 2.75) is 283 Å². The Hall–Kier alpha value is -1.14. The molecule has 0 saturated heterocycles. The summed E-state index contributed by atoms with van der Waals surface area (Å²) in [5.41, 5.74) is 0. The Kier molecular flexibility index (Phi) is 43.6. The van der Waals surface area contributed by atoms with Crippen LogP contribution in [0.3, 0.4) is 0 Å². The van der Waals surface area contributed by atoms with Gasteiger partial charge in [-0.1, -0.05) is 232 Å². The van der Waals surface area contributed by atoms with Crippen LogP contribution < -0.4 is 5.32 Å². The molecule has 0 aliphatic heterocycles. The van der Waals surface area contributed by atoms with Gasteiger partial charge in [-0.2, -0.15) is 0 Å². The van der Waals surface area contributed by atoms with Crippen molar-refractivity contribution in [3.05, 3.63) is 0 Å². The summed E-state index contributed by atoms with van der Waals surface area (Å²) < 4.78 is 5.44. The summed E-state index contributed by atoms with van der Waals surface area (Å²) in [7, 11) is 0. The van der Waals surface area contributed by atoms with E-state index in [1.54, 1.807) is 0 Å². The molecule has 2 atom stereocenters. The first-order valence-corrected chi connectivity index (χ1v) is 24.3. The Morgan fingerprint density at radius 3 is 1.13 bits per heavy atom. The van der Waals surface area contributed by atoms with Crippen molar-refractivity contribution in [1.82, 2.24) is 5.32 Å². The van der Waals surface area contributed by atoms with Crippen molar-refractivity contribution in [2.75, 3.05) is 13.2 Å². The summed E-state index contributed by atoms with van der Waals surface area (Å²) in [6.07, 6.45) is 47.7. The molecule has 1 amide bonds. The van der Waals surface area contributed by atoms with Crippen LogP contribution in [0.2, 0.25) is 0 Å². The summed E-state index contributed by atoms with van der Waals surface area (Å²) in [6.45, 7) is 4.90. The van der Waals surface area contributed by atoms with E-state index in [1.807, 2.05) is 0 Å². The molecule has 3 N–H and O–H groups in total. The van der Waals surface area contributed by atoms with Gasteiger partial charge in [-0.15, -0.1) is 0 Å². The zero-order chi connectivity index (χ0) is 39.4. The van der Waals surface area contributed by atoms with Gasteiger partial charge in [0.2, 0.25) is 5.91 Å². The molecule has 0 aliphatic rings. The lowest BCUT2D eigenvalue weighted by Gasteiger charge is -2.22. The molecule has 0 spiro atoms. The van der Waals surface area contributed by atoms with Gasteiger partial charge in [0.15, 0.2) is 0 Å². The number of nitrogens with one attached hydrogen (secondary N) is 1. The standard InChI is InChI=1S/C48H95NO5/c1-3-5-7-9-11-13-15-17-18-20-21-24-28-32-36-40-46(51)45(44-50)49-47(52)41-37-33-29-25-23-27-31-35-39-43-54-48(53)42-38-34-30-26-22-19-16-14-12-10-8-6-4-2/h45-46,50-51H,3-44H2,1-2H3,(H,49,52). The highest BCUT2D eigenvalue weighted by molar-refractivity contribution is 5.76. The first-order valence-electron chi connectivity index (χ1n) is 24.3. The Balaban J connectivity index is 3.48. The van der Waals surface area contributed by atoms with Gasteiger partial charge in [0, 0.05) is 12.8 Å². The van der Waals surface area contributed by atoms with Crippen molar-refractivity contribution in [3.8, 4) is 0 Å². The van der Waals surface area contributed by atoms with Crippen molar-refractivity contribution in [1.29, 1.82) is 0 Å². The minimum Gasteiger partial charge on any atom is -0.466 e. The number of carbonyl (C=O) groups excluding carboxylic acids is 2. The molecule has 2 unspecified atom stereocenters. The Morgan fingerprint density at radius 1 is 0.444 bits per heavy atom. The molecule has 0 saturated carbocycles. The van der Waals surface area contributed by atoms with Crippen molar-refractivity contribution >= 4 is 11.9 Å².